The smallest absolute Gasteiger partial charge is 0.189 e. The molecule has 3 rings (SSSR count). The molecule has 0 amide bonds. The molecule has 1 aromatic carbocycles. The molecule has 138 valence electrons. The summed E-state index contributed by atoms with van der Waals surface area (Å²) in [5, 5.41) is 4.22. The van der Waals surface area contributed by atoms with Gasteiger partial charge in [0.05, 0.1) is 31.6 Å². The third-order valence-electron chi connectivity index (χ3n) is 4.51. The van der Waals surface area contributed by atoms with Crippen molar-refractivity contribution in [3.05, 3.63) is 52.9 Å². The largest absolute Gasteiger partial charge is 0.496 e. The molecule has 2 aromatic rings. The Labute approximate surface area is 154 Å². The van der Waals surface area contributed by atoms with E-state index in [4.69, 9.17) is 9.47 Å². The number of aromatic nitrogens is 2. The van der Waals surface area contributed by atoms with Gasteiger partial charge in [-0.1, -0.05) is 12.1 Å². The summed E-state index contributed by atoms with van der Waals surface area (Å²) in [6.07, 6.45) is 5.20. The number of benzene rings is 1. The highest BCUT2D eigenvalue weighted by Crippen LogP contribution is 2.23. The summed E-state index contributed by atoms with van der Waals surface area (Å²) in [5.41, 5.74) is 3.46. The molecule has 1 fully saturated rings. The maximum Gasteiger partial charge on any atom is 0.189 e. The van der Waals surface area contributed by atoms with Gasteiger partial charge in [-0.05, 0) is 30.7 Å². The molecule has 1 saturated heterocycles. The molecule has 0 aliphatic carbocycles. The molecule has 0 N–H and O–H groups in total. The summed E-state index contributed by atoms with van der Waals surface area (Å²) in [6, 6.07) is 5.99. The maximum atomic E-state index is 12.4. The quantitative estimate of drug-likeness (QED) is 0.588. The van der Waals surface area contributed by atoms with Gasteiger partial charge < -0.3 is 9.47 Å². The summed E-state index contributed by atoms with van der Waals surface area (Å²) in [7, 11) is 3.50. The van der Waals surface area contributed by atoms with Crippen LogP contribution >= 0.6 is 0 Å². The lowest BCUT2D eigenvalue weighted by atomic mass is 10.1. The normalized spacial score (nSPS) is 15.5. The average molecular weight is 355 g/mol. The van der Waals surface area contributed by atoms with Crippen molar-refractivity contribution in [1.29, 1.82) is 0 Å². The molecule has 1 aromatic heterocycles. The standard InChI is InChI=1S/C20H25N3O3/c1-15-18(14-22(2)21-15)19(24)6-4-16-5-7-20(25-3)17(12-16)13-23-8-10-26-11-9-23/h4-7,12,14H,8-11,13H2,1-3H3/b6-4+. The minimum atomic E-state index is -0.0406. The highest BCUT2D eigenvalue weighted by atomic mass is 16.5. The number of carbonyl (C=O) groups is 1. The number of methoxy groups -OCH3 is 1. The Morgan fingerprint density at radius 3 is 2.77 bits per heavy atom. The summed E-state index contributed by atoms with van der Waals surface area (Å²) in [4.78, 5) is 14.7. The number of ether oxygens (including phenoxy) is 2. The Morgan fingerprint density at radius 2 is 2.12 bits per heavy atom. The minimum absolute atomic E-state index is 0.0406. The third-order valence-corrected chi connectivity index (χ3v) is 4.51. The van der Waals surface area contributed by atoms with Crippen LogP contribution in [0.1, 0.15) is 27.2 Å². The fourth-order valence-electron chi connectivity index (χ4n) is 3.13. The van der Waals surface area contributed by atoms with Crippen LogP contribution in [0.4, 0.5) is 0 Å². The van der Waals surface area contributed by atoms with Crippen LogP contribution in [0.25, 0.3) is 6.08 Å². The van der Waals surface area contributed by atoms with Gasteiger partial charge in [-0.2, -0.15) is 5.10 Å². The average Bonchev–Trinajstić information content (AvgIpc) is 2.99. The molecule has 0 unspecified atom stereocenters. The van der Waals surface area contributed by atoms with Gasteiger partial charge in [-0.3, -0.25) is 14.4 Å². The van der Waals surface area contributed by atoms with Gasteiger partial charge in [0.25, 0.3) is 0 Å². The highest BCUT2D eigenvalue weighted by molar-refractivity contribution is 6.07. The van der Waals surface area contributed by atoms with Crippen LogP contribution in [0.5, 0.6) is 5.75 Å². The van der Waals surface area contributed by atoms with Gasteiger partial charge in [0, 0.05) is 38.4 Å². The second kappa shape index (κ2) is 8.29. The van der Waals surface area contributed by atoms with Crippen LogP contribution < -0.4 is 4.74 Å². The van der Waals surface area contributed by atoms with E-state index in [2.05, 4.69) is 16.1 Å². The Kier molecular flexibility index (Phi) is 5.85. The van der Waals surface area contributed by atoms with E-state index in [1.807, 2.05) is 32.2 Å². The van der Waals surface area contributed by atoms with Crippen LogP contribution in [0.3, 0.4) is 0 Å². The molecule has 0 radical (unpaired) electrons. The molecule has 2 heterocycles. The van der Waals surface area contributed by atoms with Crippen LogP contribution in [0.15, 0.2) is 30.5 Å². The summed E-state index contributed by atoms with van der Waals surface area (Å²) in [6.45, 7) is 6.02. The predicted molar refractivity (Wildman–Crippen MR) is 100 cm³/mol. The lowest BCUT2D eigenvalue weighted by Gasteiger charge is -2.27. The molecule has 0 atom stereocenters. The van der Waals surface area contributed by atoms with Crippen molar-refractivity contribution in [2.45, 2.75) is 13.5 Å². The van der Waals surface area contributed by atoms with Crippen molar-refractivity contribution in [1.82, 2.24) is 14.7 Å². The van der Waals surface area contributed by atoms with Crippen molar-refractivity contribution < 1.29 is 14.3 Å². The predicted octanol–water partition coefficient (Wildman–Crippen LogP) is 2.47. The van der Waals surface area contributed by atoms with Crippen LogP contribution in [0, 0.1) is 6.92 Å². The minimum Gasteiger partial charge on any atom is -0.496 e. The van der Waals surface area contributed by atoms with Gasteiger partial charge in [0.1, 0.15) is 5.75 Å². The second-order valence-corrected chi connectivity index (χ2v) is 6.46. The zero-order chi connectivity index (χ0) is 18.5. The first-order valence-corrected chi connectivity index (χ1v) is 8.76. The number of nitrogens with zero attached hydrogens (tertiary/aromatic N) is 3. The summed E-state index contributed by atoms with van der Waals surface area (Å²) >= 11 is 0. The summed E-state index contributed by atoms with van der Waals surface area (Å²) < 4.78 is 12.6. The van der Waals surface area contributed by atoms with E-state index in [1.54, 1.807) is 24.1 Å². The van der Waals surface area contributed by atoms with Gasteiger partial charge in [-0.25, -0.2) is 0 Å². The van der Waals surface area contributed by atoms with Crippen molar-refractivity contribution in [2.75, 3.05) is 33.4 Å². The molecule has 26 heavy (non-hydrogen) atoms. The van der Waals surface area contributed by atoms with Crippen LogP contribution in [0.2, 0.25) is 0 Å². The van der Waals surface area contributed by atoms with Gasteiger partial charge in [0.2, 0.25) is 0 Å². The van der Waals surface area contributed by atoms with Crippen LogP contribution in [-0.2, 0) is 18.3 Å². The van der Waals surface area contributed by atoms with Gasteiger partial charge in [-0.15, -0.1) is 0 Å². The SMILES string of the molecule is COc1ccc(/C=C/C(=O)c2cn(C)nc2C)cc1CN1CCOCC1. The Morgan fingerprint density at radius 1 is 1.35 bits per heavy atom. The van der Waals surface area contributed by atoms with E-state index in [0.717, 1.165) is 55.4 Å². The first-order valence-electron chi connectivity index (χ1n) is 8.76. The van der Waals surface area contributed by atoms with E-state index >= 15 is 0 Å². The molecular weight excluding hydrogens is 330 g/mol. The zero-order valence-electron chi connectivity index (χ0n) is 15.6. The highest BCUT2D eigenvalue weighted by Gasteiger charge is 2.14. The molecule has 1 aliphatic rings. The molecule has 0 bridgehead atoms. The van der Waals surface area contributed by atoms with E-state index in [-0.39, 0.29) is 5.78 Å². The van der Waals surface area contributed by atoms with Crippen molar-refractivity contribution in [3.8, 4) is 5.75 Å². The van der Waals surface area contributed by atoms with E-state index in [1.165, 1.54) is 0 Å². The number of rotatable bonds is 6. The van der Waals surface area contributed by atoms with E-state index in [0.29, 0.717) is 5.56 Å². The van der Waals surface area contributed by atoms with Crippen molar-refractivity contribution in [3.63, 3.8) is 0 Å². The molecule has 6 heteroatoms. The number of allylic oxidation sites excluding steroid dienone is 1. The maximum absolute atomic E-state index is 12.4. The Bertz CT molecular complexity index is 805. The number of hydrogen-bond donors (Lipinski definition) is 0. The van der Waals surface area contributed by atoms with E-state index < -0.39 is 0 Å². The number of ketones is 1. The van der Waals surface area contributed by atoms with Crippen molar-refractivity contribution in [2.24, 2.45) is 7.05 Å². The number of aryl methyl sites for hydroxylation is 2. The molecular formula is C20H25N3O3. The fraction of sp³-hybridized carbons (Fsp3) is 0.400. The molecule has 0 spiro atoms. The Hall–Kier alpha value is -2.44. The first kappa shape index (κ1) is 18.4. The van der Waals surface area contributed by atoms with Crippen molar-refractivity contribution >= 4 is 11.9 Å². The number of morpholine rings is 1. The number of hydrogen-bond acceptors (Lipinski definition) is 5. The fourth-order valence-corrected chi connectivity index (χ4v) is 3.13. The monoisotopic (exact) mass is 355 g/mol. The van der Waals surface area contributed by atoms with Crippen LogP contribution in [-0.4, -0.2) is 53.9 Å². The lowest BCUT2D eigenvalue weighted by Crippen LogP contribution is -2.35. The Balaban J connectivity index is 1.76. The topological polar surface area (TPSA) is 56.6 Å². The number of carbonyl (C=O) groups excluding carboxylic acids is 1. The van der Waals surface area contributed by atoms with Gasteiger partial charge in [0.15, 0.2) is 5.78 Å². The first-order chi connectivity index (χ1) is 12.6. The summed E-state index contributed by atoms with van der Waals surface area (Å²) in [5.74, 6) is 0.823. The molecule has 0 saturated carbocycles. The van der Waals surface area contributed by atoms with E-state index in [9.17, 15) is 4.79 Å². The molecule has 6 nitrogen and oxygen atoms in total. The second-order valence-electron chi connectivity index (χ2n) is 6.46. The molecule has 1 aliphatic heterocycles. The zero-order valence-corrected chi connectivity index (χ0v) is 15.6. The van der Waals surface area contributed by atoms with Gasteiger partial charge >= 0.3 is 0 Å². The third kappa shape index (κ3) is 4.39. The lowest BCUT2D eigenvalue weighted by molar-refractivity contribution is 0.0339.